The van der Waals surface area contributed by atoms with Gasteiger partial charge in [0.15, 0.2) is 0 Å². The number of hydrogen-bond acceptors (Lipinski definition) is 3. The summed E-state index contributed by atoms with van der Waals surface area (Å²) in [7, 11) is -0.317. The maximum Gasteiger partial charge on any atom is 0.341 e. The average Bonchev–Trinajstić information content (AvgIpc) is 2.82. The van der Waals surface area contributed by atoms with E-state index in [1.54, 1.807) is 0 Å². The Kier molecular flexibility index (Phi) is 3.06. The molecule has 0 heterocycles. The molecule has 2 aromatic rings. The molecule has 2 aromatic carbocycles. The van der Waals surface area contributed by atoms with E-state index in [1.807, 2.05) is 48.5 Å². The molecule has 0 unspecified atom stereocenters. The number of benzene rings is 2. The summed E-state index contributed by atoms with van der Waals surface area (Å²) >= 11 is 0. The van der Waals surface area contributed by atoms with Gasteiger partial charge in [0.1, 0.15) is 5.66 Å². The fraction of sp³-hybridized carbons (Fsp3) is 0.200. The first-order valence-electron chi connectivity index (χ1n) is 6.10. The highest BCUT2D eigenvalue weighted by Gasteiger charge is 2.42. The van der Waals surface area contributed by atoms with Crippen molar-refractivity contribution in [3.8, 4) is 11.1 Å². The van der Waals surface area contributed by atoms with Gasteiger partial charge in [-0.15, -0.1) is 0 Å². The van der Waals surface area contributed by atoms with Crippen LogP contribution in [0.1, 0.15) is 16.8 Å². The molecular formula is C15H15O3P. The van der Waals surface area contributed by atoms with E-state index in [1.165, 1.54) is 14.2 Å². The summed E-state index contributed by atoms with van der Waals surface area (Å²) in [6.07, 6.45) is 0. The van der Waals surface area contributed by atoms with Gasteiger partial charge in [0.25, 0.3) is 0 Å². The molecule has 0 bridgehead atoms. The molecule has 0 aliphatic heterocycles. The van der Waals surface area contributed by atoms with Crippen LogP contribution in [0.4, 0.5) is 0 Å². The molecule has 0 amide bonds. The molecule has 4 heteroatoms. The van der Waals surface area contributed by atoms with Crippen molar-refractivity contribution >= 4 is 7.60 Å². The quantitative estimate of drug-likeness (QED) is 0.785. The Morgan fingerprint density at radius 2 is 1.26 bits per heavy atom. The van der Waals surface area contributed by atoms with Crippen molar-refractivity contribution in [2.45, 2.75) is 5.66 Å². The minimum Gasteiger partial charge on any atom is -0.311 e. The fourth-order valence-electron chi connectivity index (χ4n) is 2.76. The van der Waals surface area contributed by atoms with Crippen LogP contribution in [0.25, 0.3) is 11.1 Å². The molecule has 1 aliphatic carbocycles. The van der Waals surface area contributed by atoms with Crippen molar-refractivity contribution in [2.75, 3.05) is 14.2 Å². The summed E-state index contributed by atoms with van der Waals surface area (Å²) in [5.74, 6) is 0. The lowest BCUT2D eigenvalue weighted by molar-refractivity contribution is 0.270. The summed E-state index contributed by atoms with van der Waals surface area (Å²) in [5.41, 5.74) is 3.90. The molecule has 0 spiro atoms. The van der Waals surface area contributed by atoms with E-state index in [9.17, 15) is 4.57 Å². The summed E-state index contributed by atoms with van der Waals surface area (Å²) in [4.78, 5) is 0. The van der Waals surface area contributed by atoms with Gasteiger partial charge in [0, 0.05) is 14.2 Å². The maximum atomic E-state index is 12.8. The van der Waals surface area contributed by atoms with Crippen molar-refractivity contribution in [1.29, 1.82) is 0 Å². The highest BCUT2D eigenvalue weighted by molar-refractivity contribution is 7.54. The minimum absolute atomic E-state index is 0.338. The molecule has 0 atom stereocenters. The third kappa shape index (κ3) is 1.78. The number of rotatable bonds is 3. The van der Waals surface area contributed by atoms with Crippen LogP contribution in [0, 0.1) is 0 Å². The minimum atomic E-state index is -3.19. The molecule has 3 rings (SSSR count). The molecule has 0 saturated heterocycles. The molecule has 0 saturated carbocycles. The normalized spacial score (nSPS) is 14.2. The van der Waals surface area contributed by atoms with E-state index < -0.39 is 7.60 Å². The van der Waals surface area contributed by atoms with Crippen molar-refractivity contribution in [3.05, 3.63) is 59.7 Å². The van der Waals surface area contributed by atoms with Gasteiger partial charge >= 0.3 is 7.60 Å². The molecular weight excluding hydrogens is 259 g/mol. The van der Waals surface area contributed by atoms with Gasteiger partial charge in [-0.05, 0) is 22.3 Å². The Morgan fingerprint density at radius 3 is 1.68 bits per heavy atom. The van der Waals surface area contributed by atoms with Crippen LogP contribution in [0.5, 0.6) is 0 Å². The molecule has 98 valence electrons. The zero-order chi connectivity index (χ0) is 13.5. The predicted octanol–water partition coefficient (Wildman–Crippen LogP) is 4.24. The Bertz CT molecular complexity index is 612. The van der Waals surface area contributed by atoms with Gasteiger partial charge in [0.05, 0.1) is 0 Å². The summed E-state index contributed by atoms with van der Waals surface area (Å²) in [6, 6.07) is 16.0. The monoisotopic (exact) mass is 274 g/mol. The second kappa shape index (κ2) is 4.61. The predicted molar refractivity (Wildman–Crippen MR) is 75.3 cm³/mol. The maximum absolute atomic E-state index is 12.8. The lowest BCUT2D eigenvalue weighted by atomic mass is 10.1. The molecule has 3 nitrogen and oxygen atoms in total. The van der Waals surface area contributed by atoms with Gasteiger partial charge in [-0.3, -0.25) is 4.57 Å². The Balaban J connectivity index is 2.29. The van der Waals surface area contributed by atoms with Crippen molar-refractivity contribution in [3.63, 3.8) is 0 Å². The summed E-state index contributed by atoms with van der Waals surface area (Å²) < 4.78 is 23.3. The van der Waals surface area contributed by atoms with Gasteiger partial charge in [-0.1, -0.05) is 48.5 Å². The highest BCUT2D eigenvalue weighted by atomic mass is 31.2. The van der Waals surface area contributed by atoms with Crippen molar-refractivity contribution < 1.29 is 13.6 Å². The third-order valence-corrected chi connectivity index (χ3v) is 5.83. The van der Waals surface area contributed by atoms with Crippen LogP contribution in [-0.4, -0.2) is 14.2 Å². The van der Waals surface area contributed by atoms with Crippen LogP contribution in [0.2, 0.25) is 0 Å². The Hall–Kier alpha value is -1.41. The number of hydrogen-bond donors (Lipinski definition) is 0. The average molecular weight is 274 g/mol. The lowest BCUT2D eigenvalue weighted by Crippen LogP contribution is -2.02. The highest BCUT2D eigenvalue weighted by Crippen LogP contribution is 2.67. The summed E-state index contributed by atoms with van der Waals surface area (Å²) in [5, 5.41) is 0. The SMILES string of the molecule is COP(=O)(OC)C1c2ccccc2-c2ccccc21. The largest absolute Gasteiger partial charge is 0.341 e. The Morgan fingerprint density at radius 1 is 0.842 bits per heavy atom. The van der Waals surface area contributed by atoms with Crippen LogP contribution < -0.4 is 0 Å². The van der Waals surface area contributed by atoms with E-state index in [4.69, 9.17) is 9.05 Å². The first-order valence-corrected chi connectivity index (χ1v) is 7.72. The molecule has 0 N–H and O–H groups in total. The smallest absolute Gasteiger partial charge is 0.311 e. The topological polar surface area (TPSA) is 35.5 Å². The standard InChI is InChI=1S/C15H15O3P/c1-17-19(16,18-2)15-13-9-5-3-7-11(13)12-8-4-6-10-14(12)15/h3-10,15H,1-2H3. The zero-order valence-electron chi connectivity index (χ0n) is 10.9. The van der Waals surface area contributed by atoms with Crippen LogP contribution in [0.15, 0.2) is 48.5 Å². The first-order chi connectivity index (χ1) is 9.21. The molecule has 1 aliphatic rings. The second-order valence-electron chi connectivity index (χ2n) is 4.48. The molecule has 0 radical (unpaired) electrons. The first kappa shape index (κ1) is 12.6. The van der Waals surface area contributed by atoms with E-state index in [2.05, 4.69) is 0 Å². The molecule has 19 heavy (non-hydrogen) atoms. The lowest BCUT2D eigenvalue weighted by Gasteiger charge is -2.22. The van der Waals surface area contributed by atoms with E-state index in [0.29, 0.717) is 0 Å². The molecule has 0 fully saturated rings. The van der Waals surface area contributed by atoms with E-state index in [0.717, 1.165) is 22.3 Å². The van der Waals surface area contributed by atoms with Crippen molar-refractivity contribution in [2.24, 2.45) is 0 Å². The van der Waals surface area contributed by atoms with Gasteiger partial charge in [-0.25, -0.2) is 0 Å². The second-order valence-corrected chi connectivity index (χ2v) is 6.81. The van der Waals surface area contributed by atoms with Crippen LogP contribution in [0.3, 0.4) is 0 Å². The van der Waals surface area contributed by atoms with Crippen LogP contribution in [-0.2, 0) is 13.6 Å². The van der Waals surface area contributed by atoms with Gasteiger partial charge in [-0.2, -0.15) is 0 Å². The van der Waals surface area contributed by atoms with Gasteiger partial charge < -0.3 is 9.05 Å². The molecule has 0 aromatic heterocycles. The van der Waals surface area contributed by atoms with Crippen molar-refractivity contribution in [1.82, 2.24) is 0 Å². The Labute approximate surface area is 112 Å². The fourth-order valence-corrected chi connectivity index (χ4v) is 4.46. The van der Waals surface area contributed by atoms with Gasteiger partial charge in [0.2, 0.25) is 0 Å². The third-order valence-electron chi connectivity index (χ3n) is 3.63. The van der Waals surface area contributed by atoms with E-state index in [-0.39, 0.29) is 5.66 Å². The zero-order valence-corrected chi connectivity index (χ0v) is 11.8. The van der Waals surface area contributed by atoms with E-state index >= 15 is 0 Å². The number of fused-ring (bicyclic) bond motifs is 3. The van der Waals surface area contributed by atoms with Crippen LogP contribution >= 0.6 is 7.60 Å². The summed E-state index contributed by atoms with van der Waals surface area (Å²) in [6.45, 7) is 0.